The zero-order valence-electron chi connectivity index (χ0n) is 55.3. The summed E-state index contributed by atoms with van der Waals surface area (Å²) in [5, 5.41) is 0. The van der Waals surface area contributed by atoms with Crippen molar-refractivity contribution in [3.63, 3.8) is 0 Å². The van der Waals surface area contributed by atoms with Crippen LogP contribution in [0.4, 0.5) is 103 Å². The van der Waals surface area contributed by atoms with Crippen LogP contribution in [0.5, 0.6) is 0 Å². The van der Waals surface area contributed by atoms with E-state index in [1.54, 1.807) is 44.0 Å². The van der Waals surface area contributed by atoms with Crippen molar-refractivity contribution in [2.75, 3.05) is 56.0 Å². The second kappa shape index (κ2) is 37.0. The van der Waals surface area contributed by atoms with E-state index in [1.165, 1.54) is 5.56 Å². The van der Waals surface area contributed by atoms with Gasteiger partial charge in [0.05, 0.1) is 59.4 Å². The second-order valence-corrected chi connectivity index (χ2v) is 22.4. The summed E-state index contributed by atoms with van der Waals surface area (Å²) in [5.41, 5.74) is 14.1. The van der Waals surface area contributed by atoms with Gasteiger partial charge in [-0.2, -0.15) is 158 Å². The van der Waals surface area contributed by atoms with Gasteiger partial charge in [-0.3, -0.25) is 4.98 Å². The number of aryl methyl sites for hydroxylation is 1. The van der Waals surface area contributed by atoms with Crippen LogP contribution >= 0.6 is 0 Å². The number of para-hydroxylation sites is 7. The Morgan fingerprint density at radius 3 is 1.02 bits per heavy atom. The average molecular weight is 2240 g/mol. The van der Waals surface area contributed by atoms with Crippen molar-refractivity contribution >= 4 is 103 Å². The molecule has 0 saturated heterocycles. The first kappa shape index (κ1) is 77.5. The molecule has 26 heteroatoms. The Balaban J connectivity index is 0.000000148. The van der Waals surface area contributed by atoms with E-state index in [4.69, 9.17) is 0 Å². The Kier molecular flexibility index (Phi) is 27.8. The maximum Gasteiger partial charge on any atom is 0.128 e. The van der Waals surface area contributed by atoms with Crippen LogP contribution in [0, 0.1) is 70.6 Å². The number of pyridine rings is 1. The molecule has 0 N–H and O–H groups in total. The Morgan fingerprint density at radius 2 is 0.621 bits per heavy atom. The fourth-order valence-electron chi connectivity index (χ4n) is 11.2. The molecule has 529 valence electrons. The normalized spacial score (nSPS) is 12.9. The summed E-state index contributed by atoms with van der Waals surface area (Å²) in [7, 11) is 1.98. The van der Waals surface area contributed by atoms with Crippen LogP contribution in [0.15, 0.2) is 263 Å². The molecule has 11 heterocycles. The van der Waals surface area contributed by atoms with E-state index in [0.717, 1.165) is 103 Å². The van der Waals surface area contributed by atoms with E-state index in [9.17, 15) is 0 Å². The topological polar surface area (TPSA) is 174 Å². The number of aromatic nitrogens is 11. The summed E-state index contributed by atoms with van der Waals surface area (Å²) in [6, 6.07) is 78.1. The van der Waals surface area contributed by atoms with Gasteiger partial charge in [0.25, 0.3) is 0 Å². The molecule has 103 heavy (non-hydrogen) atoms. The van der Waals surface area contributed by atoms with Crippen molar-refractivity contribution in [1.82, 2.24) is 54.8 Å². The number of hydrogen-bond donors (Lipinski definition) is 0. The maximum absolute atomic E-state index is 4.44. The molecule has 5 aliphatic rings. The molecule has 0 amide bonds. The van der Waals surface area contributed by atoms with Gasteiger partial charge in [-0.25, -0.2) is 49.8 Å². The van der Waals surface area contributed by atoms with Crippen LogP contribution in [-0.2, 0) is 101 Å². The van der Waals surface area contributed by atoms with Gasteiger partial charge in [-0.15, -0.1) is 55.1 Å². The molecule has 0 unspecified atom stereocenters. The molecule has 0 fully saturated rings. The fraction of sp³-hybridized carbons (Fsp3) is 0.0649. The zero-order valence-corrected chi connectivity index (χ0v) is 67.3. The smallest absolute Gasteiger partial charge is 0.128 e. The predicted octanol–water partition coefficient (Wildman–Crippen LogP) is 15.5. The summed E-state index contributed by atoms with van der Waals surface area (Å²) in [4.78, 5) is 67.1. The van der Waals surface area contributed by atoms with Gasteiger partial charge in [0, 0.05) is 130 Å². The molecular weight excluding hydrogens is 2180 g/mol. The van der Waals surface area contributed by atoms with Crippen LogP contribution in [0.2, 0.25) is 0 Å². The average Bonchev–Trinajstić information content (AvgIpc) is 1.65. The zero-order chi connectivity index (χ0) is 66.6. The van der Waals surface area contributed by atoms with Crippen LogP contribution in [0.3, 0.4) is 0 Å². The monoisotopic (exact) mass is 2240 g/mol. The Hall–Kier alpha value is -9.66. The van der Waals surface area contributed by atoms with E-state index < -0.39 is 0 Å². The summed E-state index contributed by atoms with van der Waals surface area (Å²) in [5.74, 6) is 4.35. The molecule has 7 aromatic carbocycles. The molecule has 0 spiro atoms. The van der Waals surface area contributed by atoms with Gasteiger partial charge < -0.3 is 49.0 Å². The summed E-state index contributed by atoms with van der Waals surface area (Å²) in [6.45, 7) is 16.5. The third-order valence-electron chi connectivity index (χ3n) is 15.8. The third kappa shape index (κ3) is 17.4. The first-order valence-corrected chi connectivity index (χ1v) is 31.3. The standard InChI is InChI=1S/C18H14N4.C17H12N4.C16H11N5.C14H14N4.C12H10N4.5Ir/c1-14-7-5-6-10-16(14)22-13-21(15-8-3-2-4-9-15)18-17(22)11-19-12-20-18;1-3-7-14(8-4-1)20-13-21(15-9-5-2-6-10-15)17-16(20)11-18-12-19-17;1-2-4-13(5-3-1)21-12-20(14-6-8-17-9-7-14)15-10-18-11-19-16(15)21;1-11(2)17-10-18(12-6-4-3-5-7-12)14-13(17)8-15-9-16-14;1-15-9-16(10-5-3-2-4-6-10)12-11(15)7-13-8-14-12;;;;;/h2-8,10-13H,1H3;1-9,11-13H;1-4,6-12H;3-6,8-11H,1-2H3;2-5,7-9H,1H3;;;;;/q5*-2;;;;;. The molecule has 21 nitrogen and oxygen atoms in total. The SMILES string of the molecule is CC(C)N1[CH-]N(c2[c-]cccc2)c2ncncc21.CN1[CH-]N(c2[c-]cccc2)c2ncncc21.Cc1ccccc1N1[CH-]N(c2[c-]cccc2)c2ncncc21.[Ir].[Ir].[Ir].[Ir].[Ir].[c-]1ccccc1N1[CH-]N(c2ccccc2)c2cncnc21.[c-]1ccccc1N1[CH-]N(c2ccncc2)c2cncnc21. The maximum atomic E-state index is 4.44. The predicted molar refractivity (Wildman–Crippen MR) is 383 cm³/mol. The van der Waals surface area contributed by atoms with Gasteiger partial charge >= 0.3 is 0 Å². The fourth-order valence-corrected chi connectivity index (χ4v) is 11.2. The molecule has 6 aromatic heterocycles. The van der Waals surface area contributed by atoms with Crippen molar-refractivity contribution in [1.29, 1.82) is 0 Å². The summed E-state index contributed by atoms with van der Waals surface area (Å²) >= 11 is 0. The van der Waals surface area contributed by atoms with E-state index in [-0.39, 0.29) is 101 Å². The van der Waals surface area contributed by atoms with Crippen molar-refractivity contribution in [3.8, 4) is 0 Å². The molecule has 0 aliphatic carbocycles. The van der Waals surface area contributed by atoms with E-state index in [0.29, 0.717) is 6.04 Å². The van der Waals surface area contributed by atoms with Crippen LogP contribution in [0.1, 0.15) is 19.4 Å². The number of anilines is 18. The number of fused-ring (bicyclic) bond motifs is 5. The minimum absolute atomic E-state index is 0. The van der Waals surface area contributed by atoms with Crippen LogP contribution < -0.4 is 49.0 Å². The minimum atomic E-state index is 0. The first-order valence-electron chi connectivity index (χ1n) is 31.3. The molecule has 0 saturated carbocycles. The number of hydrogen-bond acceptors (Lipinski definition) is 21. The third-order valence-corrected chi connectivity index (χ3v) is 15.8. The molecule has 0 atom stereocenters. The van der Waals surface area contributed by atoms with Crippen molar-refractivity contribution in [3.05, 3.63) is 332 Å². The van der Waals surface area contributed by atoms with E-state index >= 15 is 0 Å². The Bertz CT molecular complexity index is 4470. The molecule has 0 bridgehead atoms. The van der Waals surface area contributed by atoms with Gasteiger partial charge in [0.15, 0.2) is 0 Å². The molecule has 13 aromatic rings. The number of nitrogens with zero attached hydrogens (tertiary/aromatic N) is 21. The minimum Gasteiger partial charge on any atom is -0.501 e. The van der Waals surface area contributed by atoms with E-state index in [1.807, 2.05) is 263 Å². The molecule has 5 radical (unpaired) electrons. The van der Waals surface area contributed by atoms with Crippen molar-refractivity contribution in [2.45, 2.75) is 26.8 Å². The summed E-state index contributed by atoms with van der Waals surface area (Å²) < 4.78 is 0. The first-order chi connectivity index (χ1) is 48.3. The molecular formula is C77H61Ir5N21-10. The Morgan fingerprint density at radius 1 is 0.301 bits per heavy atom. The van der Waals surface area contributed by atoms with Gasteiger partial charge in [-0.1, -0.05) is 36.4 Å². The van der Waals surface area contributed by atoms with Crippen LogP contribution in [-0.4, -0.2) is 67.9 Å². The van der Waals surface area contributed by atoms with E-state index in [2.05, 4.69) is 152 Å². The number of rotatable bonds is 9. The largest absolute Gasteiger partial charge is 0.501 e. The van der Waals surface area contributed by atoms with Crippen LogP contribution in [0.25, 0.3) is 0 Å². The molecule has 18 rings (SSSR count). The number of benzene rings is 7. The van der Waals surface area contributed by atoms with Gasteiger partial charge in [0.2, 0.25) is 0 Å². The van der Waals surface area contributed by atoms with Gasteiger partial charge in [0.1, 0.15) is 60.7 Å². The van der Waals surface area contributed by atoms with Crippen molar-refractivity contribution in [2.24, 2.45) is 0 Å². The van der Waals surface area contributed by atoms with Crippen molar-refractivity contribution < 1.29 is 101 Å². The summed E-state index contributed by atoms with van der Waals surface area (Å²) in [6.07, 6.45) is 20.5. The molecule has 5 aliphatic heterocycles. The second-order valence-electron chi connectivity index (χ2n) is 22.4. The quantitative estimate of drug-likeness (QED) is 0.125. The Labute approximate surface area is 667 Å². The van der Waals surface area contributed by atoms with Gasteiger partial charge in [-0.05, 0) is 69.8 Å².